The molecule has 288 valence electrons. The second-order valence-corrected chi connectivity index (χ2v) is 15.0. The van der Waals surface area contributed by atoms with Crippen LogP contribution in [0.15, 0.2) is 95.9 Å². The molecule has 1 fully saturated rings. The van der Waals surface area contributed by atoms with Crippen LogP contribution in [0.3, 0.4) is 0 Å². The summed E-state index contributed by atoms with van der Waals surface area (Å²) in [5.74, 6) is 1.79. The normalized spacial score (nSPS) is 18.4. The number of methoxy groups -OCH3 is 2. The summed E-state index contributed by atoms with van der Waals surface area (Å²) in [6.45, 7) is 11.0. The smallest absolute Gasteiger partial charge is 0.351 e. The van der Waals surface area contributed by atoms with Crippen LogP contribution in [0.4, 0.5) is 5.82 Å². The highest BCUT2D eigenvalue weighted by Crippen LogP contribution is 2.53. The van der Waals surface area contributed by atoms with Gasteiger partial charge in [-0.05, 0) is 81.6 Å². The lowest BCUT2D eigenvalue weighted by Crippen LogP contribution is -2.52. The Labute approximate surface area is 319 Å². The van der Waals surface area contributed by atoms with Gasteiger partial charge in [0.2, 0.25) is 0 Å². The topological polar surface area (TPSA) is 140 Å². The van der Waals surface area contributed by atoms with Crippen molar-refractivity contribution in [3.05, 3.63) is 118 Å². The van der Waals surface area contributed by atoms with E-state index < -0.39 is 44.2 Å². The molecule has 1 aliphatic rings. The van der Waals surface area contributed by atoms with Crippen molar-refractivity contribution in [2.45, 2.75) is 89.5 Å². The fourth-order valence-electron chi connectivity index (χ4n) is 7.21. The van der Waals surface area contributed by atoms with Gasteiger partial charge in [-0.25, -0.2) is 9.46 Å². The van der Waals surface area contributed by atoms with E-state index in [4.69, 9.17) is 23.3 Å². The fourth-order valence-corrected chi connectivity index (χ4v) is 8.95. The minimum atomic E-state index is -1.75. The summed E-state index contributed by atoms with van der Waals surface area (Å²) in [6, 6.07) is 29.1. The average Bonchev–Trinajstić information content (AvgIpc) is 3.59. The molecular formula is C41H52N5O7P. The maximum absolute atomic E-state index is 13.5. The van der Waals surface area contributed by atoms with Gasteiger partial charge in [-0.1, -0.05) is 54.6 Å². The van der Waals surface area contributed by atoms with Crippen LogP contribution in [0.5, 0.6) is 11.5 Å². The molecule has 4 aromatic rings. The number of nitrogens with zero attached hydrogens (tertiary/aromatic N) is 4. The molecule has 0 aliphatic carbocycles. The van der Waals surface area contributed by atoms with Gasteiger partial charge in [0, 0.05) is 31.2 Å². The summed E-state index contributed by atoms with van der Waals surface area (Å²) in [5, 5.41) is 25.8. The summed E-state index contributed by atoms with van der Waals surface area (Å²) in [7, 11) is 1.48. The number of hydrogen-bond acceptors (Lipinski definition) is 11. The van der Waals surface area contributed by atoms with Gasteiger partial charge in [0.25, 0.3) is 8.53 Å². The van der Waals surface area contributed by atoms with Crippen LogP contribution in [0.1, 0.15) is 70.4 Å². The van der Waals surface area contributed by atoms with Crippen molar-refractivity contribution in [2.75, 3.05) is 32.7 Å². The SMILES string of the molecule is CCNc1ccn([C@H]2C[C@H](OP(OCCC#N)N(C(C)C)C(C)C)[C@@H](C(O)C(c3ccccc3)(c3ccc(OC)cc3)c3ccc(OC)cc3)O2)c(=O)n1. The Morgan fingerprint density at radius 2 is 1.54 bits per heavy atom. The Morgan fingerprint density at radius 3 is 2.04 bits per heavy atom. The van der Waals surface area contributed by atoms with E-state index in [0.717, 1.165) is 16.7 Å². The quantitative estimate of drug-likeness (QED) is 0.0614. The van der Waals surface area contributed by atoms with Crippen LogP contribution in [-0.4, -0.2) is 77.1 Å². The van der Waals surface area contributed by atoms with Crippen molar-refractivity contribution in [3.8, 4) is 17.6 Å². The standard InChI is InChI=1S/C41H52N5O7P/c1-8-43-36-23-25-45(40(48)44-36)37-27-35(53-54(51-26-12-24-42)46(28(2)3)29(4)5)38(52-37)39(47)41(30-13-10-9-11-14-30,31-15-19-33(49-6)20-16-31)32-17-21-34(50-7)22-18-32/h9-11,13-23,25,28-29,35,37-39,47H,8,12,26-27H2,1-7H3,(H,43,44,48)/t35-,37+,38-,39?,54?/m0/s1. The first kappa shape index (κ1) is 40.8. The van der Waals surface area contributed by atoms with Crippen LogP contribution in [0, 0.1) is 11.3 Å². The highest BCUT2D eigenvalue weighted by Gasteiger charge is 2.54. The molecule has 1 aliphatic heterocycles. The van der Waals surface area contributed by atoms with Gasteiger partial charge in [0.05, 0.1) is 44.8 Å². The van der Waals surface area contributed by atoms with Gasteiger partial charge in [-0.3, -0.25) is 4.57 Å². The van der Waals surface area contributed by atoms with Gasteiger partial charge in [-0.15, -0.1) is 0 Å². The number of rotatable bonds is 18. The minimum Gasteiger partial charge on any atom is -0.497 e. The number of aromatic nitrogens is 2. The highest BCUT2D eigenvalue weighted by molar-refractivity contribution is 7.44. The first-order chi connectivity index (χ1) is 26.1. The Balaban J connectivity index is 1.71. The van der Waals surface area contributed by atoms with E-state index in [1.807, 2.05) is 85.8 Å². The predicted molar refractivity (Wildman–Crippen MR) is 210 cm³/mol. The Hall–Kier alpha value is -4.34. The second kappa shape index (κ2) is 18.8. The molecule has 2 unspecified atom stereocenters. The zero-order chi connectivity index (χ0) is 38.8. The van der Waals surface area contributed by atoms with Crippen molar-refractivity contribution in [3.63, 3.8) is 0 Å². The van der Waals surface area contributed by atoms with E-state index in [0.29, 0.717) is 23.9 Å². The van der Waals surface area contributed by atoms with E-state index in [2.05, 4.69) is 48.7 Å². The molecule has 0 amide bonds. The molecule has 0 saturated carbocycles. The second-order valence-electron chi connectivity index (χ2n) is 13.6. The first-order valence-corrected chi connectivity index (χ1v) is 19.5. The Morgan fingerprint density at radius 1 is 0.963 bits per heavy atom. The number of nitriles is 1. The molecule has 5 atom stereocenters. The first-order valence-electron chi connectivity index (χ1n) is 18.3. The predicted octanol–water partition coefficient (Wildman–Crippen LogP) is 7.04. The average molecular weight is 758 g/mol. The van der Waals surface area contributed by atoms with Crippen molar-refractivity contribution in [1.29, 1.82) is 5.26 Å². The maximum atomic E-state index is 13.5. The summed E-state index contributed by atoms with van der Waals surface area (Å²) in [5.41, 5.74) is 0.659. The van der Waals surface area contributed by atoms with Gasteiger partial charge < -0.3 is 33.7 Å². The molecule has 0 spiro atoms. The van der Waals surface area contributed by atoms with Crippen LogP contribution >= 0.6 is 8.53 Å². The fraction of sp³-hybridized carbons (Fsp3) is 0.439. The minimum absolute atomic E-state index is 0.0344. The molecule has 1 saturated heterocycles. The van der Waals surface area contributed by atoms with Gasteiger partial charge in [0.15, 0.2) is 0 Å². The van der Waals surface area contributed by atoms with Crippen molar-refractivity contribution >= 4 is 14.3 Å². The number of ether oxygens (including phenoxy) is 3. The molecular weight excluding hydrogens is 705 g/mol. The maximum Gasteiger partial charge on any atom is 0.351 e. The van der Waals surface area contributed by atoms with Gasteiger partial charge in [0.1, 0.15) is 35.8 Å². The number of benzene rings is 3. The van der Waals surface area contributed by atoms with E-state index in [-0.39, 0.29) is 31.5 Å². The molecule has 13 heteroatoms. The third-order valence-corrected chi connectivity index (χ3v) is 11.7. The van der Waals surface area contributed by atoms with Crippen molar-refractivity contribution < 1.29 is 28.4 Å². The van der Waals surface area contributed by atoms with E-state index in [1.54, 1.807) is 26.5 Å². The van der Waals surface area contributed by atoms with Gasteiger partial charge >= 0.3 is 5.69 Å². The van der Waals surface area contributed by atoms with Crippen LogP contribution < -0.4 is 20.5 Å². The Kier molecular flexibility index (Phi) is 14.2. The molecule has 2 heterocycles. The number of anilines is 1. The molecule has 0 radical (unpaired) electrons. The lowest BCUT2D eigenvalue weighted by Gasteiger charge is -2.44. The molecule has 5 rings (SSSR count). The van der Waals surface area contributed by atoms with Crippen LogP contribution in [-0.2, 0) is 19.2 Å². The van der Waals surface area contributed by atoms with E-state index in [9.17, 15) is 15.2 Å². The number of hydrogen-bond donors (Lipinski definition) is 2. The summed E-state index contributed by atoms with van der Waals surface area (Å²) >= 11 is 0. The number of aliphatic hydroxyl groups excluding tert-OH is 1. The molecule has 0 bridgehead atoms. The van der Waals surface area contributed by atoms with Crippen LogP contribution in [0.2, 0.25) is 0 Å². The zero-order valence-electron chi connectivity index (χ0n) is 32.1. The number of aliphatic hydroxyl groups is 1. The third-order valence-electron chi connectivity index (χ3n) is 9.58. The van der Waals surface area contributed by atoms with E-state index in [1.165, 1.54) is 4.57 Å². The highest BCUT2D eigenvalue weighted by atomic mass is 31.2. The monoisotopic (exact) mass is 757 g/mol. The molecule has 12 nitrogen and oxygen atoms in total. The summed E-state index contributed by atoms with van der Waals surface area (Å²) in [6.07, 6.45) is -1.82. The Bertz CT molecular complexity index is 1810. The molecule has 1 aromatic heterocycles. The van der Waals surface area contributed by atoms with E-state index >= 15 is 0 Å². The summed E-state index contributed by atoms with van der Waals surface area (Å²) < 4.78 is 34.9. The molecule has 54 heavy (non-hydrogen) atoms. The summed E-state index contributed by atoms with van der Waals surface area (Å²) in [4.78, 5) is 17.7. The largest absolute Gasteiger partial charge is 0.497 e. The van der Waals surface area contributed by atoms with Crippen molar-refractivity contribution in [1.82, 2.24) is 14.2 Å². The molecule has 3 aromatic carbocycles. The molecule has 2 N–H and O–H groups in total. The van der Waals surface area contributed by atoms with Crippen LogP contribution in [0.25, 0.3) is 0 Å². The van der Waals surface area contributed by atoms with Crippen molar-refractivity contribution in [2.24, 2.45) is 0 Å². The lowest BCUT2D eigenvalue weighted by molar-refractivity contribution is -0.0952. The number of nitrogens with one attached hydrogen (secondary N) is 1. The van der Waals surface area contributed by atoms with Gasteiger partial charge in [-0.2, -0.15) is 10.2 Å². The third kappa shape index (κ3) is 8.79. The zero-order valence-corrected chi connectivity index (χ0v) is 33.0. The lowest BCUT2D eigenvalue weighted by atomic mass is 9.64.